The minimum Gasteiger partial charge on any atom is -0.399 e. The summed E-state index contributed by atoms with van der Waals surface area (Å²) in [5.41, 5.74) is -0.323. The van der Waals surface area contributed by atoms with Crippen LogP contribution in [0.15, 0.2) is 47.4 Å². The molecule has 1 saturated heterocycles. The predicted octanol–water partition coefficient (Wildman–Crippen LogP) is 4.09. The number of nitrogens with one attached hydrogen (secondary N) is 1. The first-order chi connectivity index (χ1) is 12.4. The highest BCUT2D eigenvalue weighted by molar-refractivity contribution is 7.92. The zero-order chi connectivity index (χ0) is 20.0. The minimum absolute atomic E-state index is 0.0865. The van der Waals surface area contributed by atoms with Gasteiger partial charge < -0.3 is 9.31 Å². The quantitative estimate of drug-likeness (QED) is 0.746. The van der Waals surface area contributed by atoms with Crippen LogP contribution in [0.1, 0.15) is 27.7 Å². The summed E-state index contributed by atoms with van der Waals surface area (Å²) in [6.07, 6.45) is 0. The molecular weight excluding hydrogens is 408 g/mol. The summed E-state index contributed by atoms with van der Waals surface area (Å²) in [6, 6.07) is 11.2. The molecule has 3 rings (SSSR count). The van der Waals surface area contributed by atoms with Gasteiger partial charge in [0.2, 0.25) is 0 Å². The van der Waals surface area contributed by atoms with Crippen molar-refractivity contribution in [1.82, 2.24) is 0 Å². The van der Waals surface area contributed by atoms with E-state index >= 15 is 0 Å². The Bertz CT molecular complexity index is 949. The van der Waals surface area contributed by atoms with Gasteiger partial charge in [0.15, 0.2) is 0 Å². The van der Waals surface area contributed by atoms with E-state index in [1.165, 1.54) is 12.1 Å². The maximum absolute atomic E-state index is 12.5. The third-order valence-electron chi connectivity index (χ3n) is 4.92. The van der Waals surface area contributed by atoms with Crippen molar-refractivity contribution in [3.05, 3.63) is 52.5 Å². The van der Waals surface area contributed by atoms with Crippen LogP contribution < -0.4 is 10.2 Å². The molecule has 1 fully saturated rings. The van der Waals surface area contributed by atoms with Gasteiger partial charge in [-0.1, -0.05) is 47.5 Å². The van der Waals surface area contributed by atoms with E-state index in [0.717, 1.165) is 0 Å². The van der Waals surface area contributed by atoms with Crippen LogP contribution in [0.4, 0.5) is 5.69 Å². The Labute approximate surface area is 170 Å². The van der Waals surface area contributed by atoms with Crippen LogP contribution >= 0.6 is 23.2 Å². The molecule has 0 saturated carbocycles. The number of rotatable bonds is 4. The molecule has 1 N–H and O–H groups in total. The Balaban J connectivity index is 1.91. The van der Waals surface area contributed by atoms with Crippen molar-refractivity contribution < 1.29 is 17.7 Å². The summed E-state index contributed by atoms with van der Waals surface area (Å²) < 4.78 is 39.5. The van der Waals surface area contributed by atoms with Crippen LogP contribution in [0.25, 0.3) is 0 Å². The third kappa shape index (κ3) is 3.84. The number of halogens is 2. The Hall–Kier alpha value is -1.25. The van der Waals surface area contributed by atoms with Gasteiger partial charge in [-0.15, -0.1) is 0 Å². The SMILES string of the molecule is CC1(C)OB(c2ccc(NS(=O)(=O)c3ccccc3)c(Cl)c2Cl)OC1(C)C. The van der Waals surface area contributed by atoms with Crippen molar-refractivity contribution in [3.8, 4) is 0 Å². The first-order valence-corrected chi connectivity index (χ1v) is 10.6. The van der Waals surface area contributed by atoms with Crippen LogP contribution in [-0.4, -0.2) is 26.7 Å². The van der Waals surface area contributed by atoms with Crippen molar-refractivity contribution in [3.63, 3.8) is 0 Å². The van der Waals surface area contributed by atoms with Gasteiger partial charge in [-0.05, 0) is 45.9 Å². The van der Waals surface area contributed by atoms with E-state index in [1.807, 2.05) is 27.7 Å². The topological polar surface area (TPSA) is 64.6 Å². The fourth-order valence-corrected chi connectivity index (χ4v) is 4.22. The highest BCUT2D eigenvalue weighted by Gasteiger charge is 2.52. The molecule has 0 aromatic heterocycles. The van der Waals surface area contributed by atoms with E-state index < -0.39 is 28.3 Å². The molecule has 0 radical (unpaired) electrons. The average molecular weight is 428 g/mol. The summed E-state index contributed by atoms with van der Waals surface area (Å²) in [5, 5.41) is 0.270. The monoisotopic (exact) mass is 427 g/mol. The van der Waals surface area contributed by atoms with Crippen molar-refractivity contribution in [1.29, 1.82) is 0 Å². The van der Waals surface area contributed by atoms with E-state index in [4.69, 9.17) is 32.5 Å². The fourth-order valence-electron chi connectivity index (χ4n) is 2.60. The molecule has 0 atom stereocenters. The van der Waals surface area contributed by atoms with Crippen LogP contribution in [0, 0.1) is 0 Å². The lowest BCUT2D eigenvalue weighted by Crippen LogP contribution is -2.41. The highest BCUT2D eigenvalue weighted by atomic mass is 35.5. The summed E-state index contributed by atoms with van der Waals surface area (Å²) in [7, 11) is -4.47. The smallest absolute Gasteiger partial charge is 0.399 e. The van der Waals surface area contributed by atoms with Crippen molar-refractivity contribution in [2.24, 2.45) is 0 Å². The van der Waals surface area contributed by atoms with E-state index in [0.29, 0.717) is 5.46 Å². The number of sulfonamides is 1. The van der Waals surface area contributed by atoms with Gasteiger partial charge in [0, 0.05) is 5.46 Å². The maximum Gasteiger partial charge on any atom is 0.496 e. The van der Waals surface area contributed by atoms with E-state index in [9.17, 15) is 8.42 Å². The van der Waals surface area contributed by atoms with Crippen LogP contribution in [0.3, 0.4) is 0 Å². The Morgan fingerprint density at radius 1 is 0.889 bits per heavy atom. The molecule has 0 amide bonds. The molecule has 5 nitrogen and oxygen atoms in total. The Morgan fingerprint density at radius 2 is 1.44 bits per heavy atom. The maximum atomic E-state index is 12.5. The molecule has 27 heavy (non-hydrogen) atoms. The largest absolute Gasteiger partial charge is 0.496 e. The molecule has 9 heteroatoms. The summed E-state index contributed by atoms with van der Waals surface area (Å²) in [4.78, 5) is 0.132. The fraction of sp³-hybridized carbons (Fsp3) is 0.333. The number of benzene rings is 2. The second kappa shape index (κ2) is 6.97. The van der Waals surface area contributed by atoms with Crippen molar-refractivity contribution >= 4 is 51.5 Å². The second-order valence-corrected chi connectivity index (χ2v) is 9.78. The van der Waals surface area contributed by atoms with Crippen molar-refractivity contribution in [2.75, 3.05) is 4.72 Å². The van der Waals surface area contributed by atoms with Gasteiger partial charge in [0.1, 0.15) is 0 Å². The van der Waals surface area contributed by atoms with Crippen LogP contribution in [0.2, 0.25) is 10.0 Å². The number of anilines is 1. The van der Waals surface area contributed by atoms with E-state index in [1.54, 1.807) is 30.3 Å². The van der Waals surface area contributed by atoms with Crippen LogP contribution in [0.5, 0.6) is 0 Å². The van der Waals surface area contributed by atoms with Gasteiger partial charge in [-0.3, -0.25) is 4.72 Å². The van der Waals surface area contributed by atoms with E-state index in [2.05, 4.69) is 4.72 Å². The van der Waals surface area contributed by atoms with Gasteiger partial charge in [-0.2, -0.15) is 0 Å². The predicted molar refractivity (Wildman–Crippen MR) is 109 cm³/mol. The normalized spacial score (nSPS) is 18.5. The van der Waals surface area contributed by atoms with Gasteiger partial charge in [0.25, 0.3) is 10.0 Å². The molecule has 0 aliphatic carbocycles. The lowest BCUT2D eigenvalue weighted by molar-refractivity contribution is 0.00578. The van der Waals surface area contributed by atoms with Crippen LogP contribution in [-0.2, 0) is 19.3 Å². The average Bonchev–Trinajstić information content (AvgIpc) is 2.80. The van der Waals surface area contributed by atoms with Gasteiger partial charge >= 0.3 is 7.12 Å². The highest BCUT2D eigenvalue weighted by Crippen LogP contribution is 2.38. The molecule has 0 bridgehead atoms. The number of hydrogen-bond donors (Lipinski definition) is 1. The first kappa shape index (κ1) is 20.5. The van der Waals surface area contributed by atoms with Gasteiger partial charge in [-0.25, -0.2) is 8.42 Å². The molecule has 1 aliphatic heterocycles. The van der Waals surface area contributed by atoms with Crippen molar-refractivity contribution in [2.45, 2.75) is 43.8 Å². The summed E-state index contributed by atoms with van der Waals surface area (Å²) >= 11 is 12.8. The standard InChI is InChI=1S/C18H20BCl2NO4S/c1-17(2)18(3,4)26-19(25-17)13-10-11-14(16(21)15(13)20)22-27(23,24)12-8-6-5-7-9-12/h5-11,22H,1-4H3. The lowest BCUT2D eigenvalue weighted by Gasteiger charge is -2.32. The zero-order valence-corrected chi connectivity index (χ0v) is 17.7. The molecule has 144 valence electrons. The second-order valence-electron chi connectivity index (χ2n) is 7.34. The first-order valence-electron chi connectivity index (χ1n) is 8.36. The molecule has 1 aliphatic rings. The number of hydrogen-bond acceptors (Lipinski definition) is 4. The van der Waals surface area contributed by atoms with E-state index in [-0.39, 0.29) is 20.6 Å². The molecule has 0 spiro atoms. The molecule has 0 unspecified atom stereocenters. The van der Waals surface area contributed by atoms with Gasteiger partial charge in [0.05, 0.1) is 31.8 Å². The molecular formula is C18H20BCl2NO4S. The zero-order valence-electron chi connectivity index (χ0n) is 15.4. The Kier molecular flexibility index (Phi) is 5.29. The Morgan fingerprint density at radius 3 is 2.00 bits per heavy atom. The minimum atomic E-state index is -3.78. The molecule has 2 aromatic rings. The lowest BCUT2D eigenvalue weighted by atomic mass is 9.79. The third-order valence-corrected chi connectivity index (χ3v) is 7.20. The summed E-state index contributed by atoms with van der Waals surface area (Å²) in [6.45, 7) is 7.74. The summed E-state index contributed by atoms with van der Waals surface area (Å²) in [5.74, 6) is 0. The molecule has 2 aromatic carbocycles. The molecule has 1 heterocycles.